The van der Waals surface area contributed by atoms with E-state index in [9.17, 15) is 13.2 Å². The molecule has 8 heteroatoms. The average Bonchev–Trinajstić information content (AvgIpc) is 3.04. The molecule has 2 aliphatic rings. The Morgan fingerprint density at radius 2 is 1.86 bits per heavy atom. The van der Waals surface area contributed by atoms with Gasteiger partial charge in [-0.2, -0.15) is 4.31 Å². The Kier molecular flexibility index (Phi) is 4.84. The molecule has 0 spiro atoms. The number of aromatic nitrogens is 1. The van der Waals surface area contributed by atoms with Gasteiger partial charge in [0.1, 0.15) is 5.82 Å². The molecule has 1 unspecified atom stereocenters. The maximum absolute atomic E-state index is 13.1. The fourth-order valence-corrected chi connectivity index (χ4v) is 5.57. The van der Waals surface area contributed by atoms with Gasteiger partial charge in [-0.3, -0.25) is 4.79 Å². The molecule has 1 aromatic heterocycles. The number of piperazine rings is 1. The quantitative estimate of drug-likeness (QED) is 0.787. The minimum Gasteiger partial charge on any atom is -0.354 e. The third-order valence-electron chi connectivity index (χ3n) is 5.46. The van der Waals surface area contributed by atoms with Crippen molar-refractivity contribution in [3.05, 3.63) is 48.2 Å². The first-order chi connectivity index (χ1) is 13.4. The lowest BCUT2D eigenvalue weighted by Gasteiger charge is -2.34. The van der Waals surface area contributed by atoms with Crippen LogP contribution in [0, 0.1) is 0 Å². The lowest BCUT2D eigenvalue weighted by molar-refractivity contribution is -0.116. The molecule has 1 atom stereocenters. The minimum atomic E-state index is -3.56. The van der Waals surface area contributed by atoms with E-state index < -0.39 is 10.0 Å². The van der Waals surface area contributed by atoms with Gasteiger partial charge in [-0.1, -0.05) is 6.07 Å². The smallest absolute Gasteiger partial charge is 0.243 e. The summed E-state index contributed by atoms with van der Waals surface area (Å²) in [6, 6.07) is 10.9. The molecule has 0 aliphatic carbocycles. The van der Waals surface area contributed by atoms with E-state index in [1.54, 1.807) is 29.3 Å². The minimum absolute atomic E-state index is 0.0208. The van der Waals surface area contributed by atoms with Crippen molar-refractivity contribution in [3.8, 4) is 0 Å². The van der Waals surface area contributed by atoms with Crippen molar-refractivity contribution >= 4 is 27.4 Å². The lowest BCUT2D eigenvalue weighted by atomic mass is 10.1. The van der Waals surface area contributed by atoms with E-state index in [4.69, 9.17) is 0 Å². The number of amides is 1. The van der Waals surface area contributed by atoms with Crippen LogP contribution in [-0.2, 0) is 21.2 Å². The molecule has 0 saturated carbocycles. The van der Waals surface area contributed by atoms with Crippen molar-refractivity contribution in [3.63, 3.8) is 0 Å². The van der Waals surface area contributed by atoms with Gasteiger partial charge in [0.15, 0.2) is 0 Å². The van der Waals surface area contributed by atoms with Crippen LogP contribution in [0.5, 0.6) is 0 Å². The zero-order valence-electron chi connectivity index (χ0n) is 16.1. The van der Waals surface area contributed by atoms with E-state index >= 15 is 0 Å². The standard InChI is InChI=1S/C20H24N4O3S/c1-15-13-17-14-18(6-7-19(17)24(15)16(2)25)28(26,27)23-11-9-22(10-12-23)20-5-3-4-8-21-20/h3-8,14-15H,9-13H2,1-2H3. The van der Waals surface area contributed by atoms with Crippen LogP contribution in [0.1, 0.15) is 19.4 Å². The molecule has 0 N–H and O–H groups in total. The van der Waals surface area contributed by atoms with E-state index in [-0.39, 0.29) is 11.9 Å². The first-order valence-corrected chi connectivity index (χ1v) is 10.9. The topological polar surface area (TPSA) is 73.8 Å². The second-order valence-electron chi connectivity index (χ2n) is 7.31. The number of benzene rings is 1. The molecule has 28 heavy (non-hydrogen) atoms. The van der Waals surface area contributed by atoms with Gasteiger partial charge in [0, 0.05) is 51.0 Å². The van der Waals surface area contributed by atoms with Crippen LogP contribution in [0.3, 0.4) is 0 Å². The third kappa shape index (κ3) is 3.27. The number of fused-ring (bicyclic) bond motifs is 1. The molecule has 3 heterocycles. The average molecular weight is 401 g/mol. The molecular formula is C20H24N4O3S. The number of pyridine rings is 1. The fourth-order valence-electron chi connectivity index (χ4n) is 4.10. The predicted octanol–water partition coefficient (Wildman–Crippen LogP) is 1.89. The first kappa shape index (κ1) is 18.9. The first-order valence-electron chi connectivity index (χ1n) is 9.47. The second kappa shape index (κ2) is 7.18. The Hall–Kier alpha value is -2.45. The summed E-state index contributed by atoms with van der Waals surface area (Å²) in [4.78, 5) is 20.4. The second-order valence-corrected chi connectivity index (χ2v) is 9.25. The summed E-state index contributed by atoms with van der Waals surface area (Å²) in [5.74, 6) is 0.850. The van der Waals surface area contributed by atoms with Gasteiger partial charge in [0.2, 0.25) is 15.9 Å². The Morgan fingerprint density at radius 1 is 1.11 bits per heavy atom. The van der Waals surface area contributed by atoms with Crippen molar-refractivity contribution in [1.29, 1.82) is 0 Å². The Labute approximate surface area is 165 Å². The molecular weight excluding hydrogens is 376 g/mol. The molecule has 1 amide bonds. The summed E-state index contributed by atoms with van der Waals surface area (Å²) >= 11 is 0. The van der Waals surface area contributed by atoms with Crippen molar-refractivity contribution in [1.82, 2.24) is 9.29 Å². The number of hydrogen-bond acceptors (Lipinski definition) is 5. The van der Waals surface area contributed by atoms with Crippen LogP contribution >= 0.6 is 0 Å². The molecule has 1 aromatic carbocycles. The van der Waals surface area contributed by atoms with Crippen molar-refractivity contribution < 1.29 is 13.2 Å². The number of carbonyl (C=O) groups is 1. The number of hydrogen-bond donors (Lipinski definition) is 0. The van der Waals surface area contributed by atoms with Crippen LogP contribution in [-0.4, -0.2) is 55.8 Å². The van der Waals surface area contributed by atoms with Gasteiger partial charge in [0.05, 0.1) is 4.90 Å². The number of sulfonamides is 1. The maximum Gasteiger partial charge on any atom is 0.243 e. The van der Waals surface area contributed by atoms with Crippen LogP contribution in [0.25, 0.3) is 0 Å². The molecule has 148 valence electrons. The van der Waals surface area contributed by atoms with Crippen LogP contribution in [0.2, 0.25) is 0 Å². The van der Waals surface area contributed by atoms with E-state index in [0.29, 0.717) is 37.5 Å². The highest BCUT2D eigenvalue weighted by Crippen LogP contribution is 2.34. The number of carbonyl (C=O) groups excluding carboxylic acids is 1. The summed E-state index contributed by atoms with van der Waals surface area (Å²) in [5.41, 5.74) is 1.73. The predicted molar refractivity (Wildman–Crippen MR) is 108 cm³/mol. The zero-order valence-corrected chi connectivity index (χ0v) is 16.9. The molecule has 1 fully saturated rings. The Morgan fingerprint density at radius 3 is 2.50 bits per heavy atom. The summed E-state index contributed by atoms with van der Waals surface area (Å²) < 4.78 is 27.8. The van der Waals surface area contributed by atoms with Gasteiger partial charge in [0.25, 0.3) is 0 Å². The van der Waals surface area contributed by atoms with Gasteiger partial charge in [-0.05, 0) is 49.2 Å². The van der Waals surface area contributed by atoms with Gasteiger partial charge in [-0.25, -0.2) is 13.4 Å². The number of anilines is 2. The maximum atomic E-state index is 13.1. The van der Waals surface area contributed by atoms with E-state index in [1.165, 1.54) is 11.2 Å². The molecule has 2 aromatic rings. The number of rotatable bonds is 3. The van der Waals surface area contributed by atoms with E-state index in [0.717, 1.165) is 17.1 Å². The van der Waals surface area contributed by atoms with E-state index in [2.05, 4.69) is 9.88 Å². The van der Waals surface area contributed by atoms with Crippen LogP contribution < -0.4 is 9.80 Å². The molecule has 2 aliphatic heterocycles. The summed E-state index contributed by atoms with van der Waals surface area (Å²) in [6.07, 6.45) is 2.42. The van der Waals surface area contributed by atoms with Gasteiger partial charge >= 0.3 is 0 Å². The van der Waals surface area contributed by atoms with Gasteiger partial charge in [-0.15, -0.1) is 0 Å². The largest absolute Gasteiger partial charge is 0.354 e. The molecule has 7 nitrogen and oxygen atoms in total. The highest BCUT2D eigenvalue weighted by atomic mass is 32.2. The van der Waals surface area contributed by atoms with Gasteiger partial charge < -0.3 is 9.80 Å². The highest BCUT2D eigenvalue weighted by Gasteiger charge is 2.33. The molecule has 4 rings (SSSR count). The van der Waals surface area contributed by atoms with Crippen LogP contribution in [0.4, 0.5) is 11.5 Å². The Bertz CT molecular complexity index is 986. The fraction of sp³-hybridized carbons (Fsp3) is 0.400. The number of nitrogens with zero attached hydrogens (tertiary/aromatic N) is 4. The van der Waals surface area contributed by atoms with Crippen molar-refractivity contribution in [2.75, 3.05) is 36.0 Å². The highest BCUT2D eigenvalue weighted by molar-refractivity contribution is 7.89. The summed E-state index contributed by atoms with van der Waals surface area (Å²) in [6.45, 7) is 5.58. The summed E-state index contributed by atoms with van der Waals surface area (Å²) in [7, 11) is -3.56. The zero-order chi connectivity index (χ0) is 19.9. The SMILES string of the molecule is CC(=O)N1c2ccc(S(=O)(=O)N3CCN(c4ccccn4)CC3)cc2CC1C. The van der Waals surface area contributed by atoms with Crippen molar-refractivity contribution in [2.45, 2.75) is 31.2 Å². The molecule has 1 saturated heterocycles. The normalized spacial score (nSPS) is 20.3. The lowest BCUT2D eigenvalue weighted by Crippen LogP contribution is -2.48. The van der Waals surface area contributed by atoms with Crippen LogP contribution in [0.15, 0.2) is 47.5 Å². The van der Waals surface area contributed by atoms with Crippen molar-refractivity contribution in [2.24, 2.45) is 0 Å². The summed E-state index contributed by atoms with van der Waals surface area (Å²) in [5, 5.41) is 0. The molecule has 0 radical (unpaired) electrons. The monoisotopic (exact) mass is 400 g/mol. The van der Waals surface area contributed by atoms with E-state index in [1.807, 2.05) is 25.1 Å². The molecule has 0 bridgehead atoms. The Balaban J connectivity index is 1.52. The third-order valence-corrected chi connectivity index (χ3v) is 7.35.